The van der Waals surface area contributed by atoms with Crippen molar-refractivity contribution < 1.29 is 17.6 Å². The molecule has 0 amide bonds. The number of imidazole rings is 1. The van der Waals surface area contributed by atoms with Gasteiger partial charge in [-0.25, -0.2) is 4.98 Å². The summed E-state index contributed by atoms with van der Waals surface area (Å²) in [5.41, 5.74) is -0.790. The van der Waals surface area contributed by atoms with Gasteiger partial charge in [0, 0.05) is 25.7 Å². The Hall–Kier alpha value is -1.76. The molecule has 3 heterocycles. The van der Waals surface area contributed by atoms with Crippen LogP contribution in [0.2, 0.25) is 0 Å². The Morgan fingerprint density at radius 3 is 2.91 bits per heavy atom. The molecule has 1 unspecified atom stereocenters. The minimum absolute atomic E-state index is 0.304. The summed E-state index contributed by atoms with van der Waals surface area (Å²) in [6.07, 6.45) is -1.81. The maximum absolute atomic E-state index is 12.7. The van der Waals surface area contributed by atoms with Gasteiger partial charge in [-0.05, 0) is 31.4 Å². The standard InChI is InChI=1S/C15H18F3N3O/c1-10-2-4-12(22-10)7-19-6-11-3-5-14-20-13(15(16,17)18)9-21(14)8-11/h2,4,9,11,19H,3,5-8H2,1H3. The van der Waals surface area contributed by atoms with Gasteiger partial charge >= 0.3 is 6.18 Å². The van der Waals surface area contributed by atoms with Crippen LogP contribution in [-0.4, -0.2) is 16.1 Å². The van der Waals surface area contributed by atoms with E-state index in [1.54, 1.807) is 4.57 Å². The molecule has 0 saturated carbocycles. The number of nitrogens with one attached hydrogen (secondary N) is 1. The fraction of sp³-hybridized carbons (Fsp3) is 0.533. The lowest BCUT2D eigenvalue weighted by Crippen LogP contribution is -2.29. The summed E-state index contributed by atoms with van der Waals surface area (Å²) in [5, 5.41) is 3.30. The third-order valence-corrected chi connectivity index (χ3v) is 3.91. The molecule has 0 fully saturated rings. The quantitative estimate of drug-likeness (QED) is 0.943. The molecule has 0 spiro atoms. The van der Waals surface area contributed by atoms with Crippen molar-refractivity contribution in [3.63, 3.8) is 0 Å². The molecule has 0 bridgehead atoms. The van der Waals surface area contributed by atoms with Crippen molar-refractivity contribution in [3.8, 4) is 0 Å². The van der Waals surface area contributed by atoms with E-state index in [1.807, 2.05) is 19.1 Å². The second-order valence-electron chi connectivity index (χ2n) is 5.74. The van der Waals surface area contributed by atoms with Crippen molar-refractivity contribution >= 4 is 0 Å². The first-order valence-corrected chi connectivity index (χ1v) is 7.31. The Bertz CT molecular complexity index is 645. The van der Waals surface area contributed by atoms with E-state index in [4.69, 9.17) is 4.42 Å². The molecule has 0 aliphatic carbocycles. The van der Waals surface area contributed by atoms with E-state index in [2.05, 4.69) is 10.3 Å². The Morgan fingerprint density at radius 1 is 1.41 bits per heavy atom. The van der Waals surface area contributed by atoms with Crippen LogP contribution < -0.4 is 5.32 Å². The van der Waals surface area contributed by atoms with Crippen LogP contribution in [0.15, 0.2) is 22.7 Å². The van der Waals surface area contributed by atoms with Gasteiger partial charge in [0.25, 0.3) is 0 Å². The van der Waals surface area contributed by atoms with Gasteiger partial charge in [-0.1, -0.05) is 0 Å². The minimum Gasteiger partial charge on any atom is -0.465 e. The zero-order valence-electron chi connectivity index (χ0n) is 12.3. The maximum Gasteiger partial charge on any atom is 0.434 e. The third-order valence-electron chi connectivity index (χ3n) is 3.91. The van der Waals surface area contributed by atoms with E-state index >= 15 is 0 Å². The molecular weight excluding hydrogens is 295 g/mol. The molecular formula is C15H18F3N3O. The molecule has 2 aromatic rings. The topological polar surface area (TPSA) is 43.0 Å². The molecule has 120 valence electrons. The highest BCUT2D eigenvalue weighted by Gasteiger charge is 2.35. The lowest BCUT2D eigenvalue weighted by Gasteiger charge is -2.23. The second-order valence-corrected chi connectivity index (χ2v) is 5.74. The molecule has 1 aliphatic rings. The van der Waals surface area contributed by atoms with Crippen molar-refractivity contribution in [2.24, 2.45) is 5.92 Å². The zero-order valence-corrected chi connectivity index (χ0v) is 12.3. The van der Waals surface area contributed by atoms with Gasteiger partial charge in [0.05, 0.1) is 6.54 Å². The Morgan fingerprint density at radius 2 is 2.23 bits per heavy atom. The summed E-state index contributed by atoms with van der Waals surface area (Å²) in [4.78, 5) is 3.69. The maximum atomic E-state index is 12.7. The molecule has 2 aromatic heterocycles. The lowest BCUT2D eigenvalue weighted by molar-refractivity contribution is -0.141. The summed E-state index contributed by atoms with van der Waals surface area (Å²) in [7, 11) is 0. The summed E-state index contributed by atoms with van der Waals surface area (Å²) in [6, 6.07) is 3.83. The van der Waals surface area contributed by atoms with Crippen LogP contribution in [0, 0.1) is 12.8 Å². The Kier molecular flexibility index (Phi) is 3.99. The van der Waals surface area contributed by atoms with Gasteiger partial charge in [0.2, 0.25) is 0 Å². The first-order chi connectivity index (χ1) is 10.4. The second kappa shape index (κ2) is 5.79. The fourth-order valence-electron chi connectivity index (χ4n) is 2.80. The van der Waals surface area contributed by atoms with E-state index in [-0.39, 0.29) is 0 Å². The van der Waals surface area contributed by atoms with Crippen LogP contribution in [0.1, 0.15) is 29.5 Å². The first kappa shape index (κ1) is 15.1. The number of aromatic nitrogens is 2. The van der Waals surface area contributed by atoms with E-state index < -0.39 is 11.9 Å². The monoisotopic (exact) mass is 313 g/mol. The molecule has 0 radical (unpaired) electrons. The van der Waals surface area contributed by atoms with E-state index in [0.717, 1.165) is 30.7 Å². The summed E-state index contributed by atoms with van der Waals surface area (Å²) in [6.45, 7) is 3.85. The predicted molar refractivity (Wildman–Crippen MR) is 74.2 cm³/mol. The predicted octanol–water partition coefficient (Wildman–Crippen LogP) is 3.16. The first-order valence-electron chi connectivity index (χ1n) is 7.31. The Labute approximate surface area is 126 Å². The van der Waals surface area contributed by atoms with Crippen LogP contribution in [0.4, 0.5) is 13.2 Å². The fourth-order valence-corrected chi connectivity index (χ4v) is 2.80. The van der Waals surface area contributed by atoms with Gasteiger partial charge in [-0.2, -0.15) is 13.2 Å². The molecule has 1 aliphatic heterocycles. The molecule has 0 aromatic carbocycles. The summed E-state index contributed by atoms with van der Waals surface area (Å²) < 4.78 is 45.1. The number of halogens is 3. The van der Waals surface area contributed by atoms with E-state index in [0.29, 0.717) is 31.3 Å². The highest BCUT2D eigenvalue weighted by molar-refractivity contribution is 5.10. The number of hydrogen-bond acceptors (Lipinski definition) is 3. The van der Waals surface area contributed by atoms with Crippen molar-refractivity contribution in [2.75, 3.05) is 6.54 Å². The molecule has 3 rings (SSSR count). The van der Waals surface area contributed by atoms with E-state index in [9.17, 15) is 13.2 Å². The SMILES string of the molecule is Cc1ccc(CNCC2CCc3nc(C(F)(F)F)cn3C2)o1. The highest BCUT2D eigenvalue weighted by atomic mass is 19.4. The van der Waals surface area contributed by atoms with Gasteiger partial charge < -0.3 is 14.3 Å². The molecule has 4 nitrogen and oxygen atoms in total. The third kappa shape index (κ3) is 3.35. The van der Waals surface area contributed by atoms with Gasteiger partial charge in [0.15, 0.2) is 5.69 Å². The number of fused-ring (bicyclic) bond motifs is 1. The molecule has 22 heavy (non-hydrogen) atoms. The van der Waals surface area contributed by atoms with Crippen molar-refractivity contribution in [1.82, 2.24) is 14.9 Å². The van der Waals surface area contributed by atoms with Crippen molar-refractivity contribution in [2.45, 2.75) is 39.0 Å². The average molecular weight is 313 g/mol. The van der Waals surface area contributed by atoms with Crippen LogP contribution >= 0.6 is 0 Å². The highest BCUT2D eigenvalue weighted by Crippen LogP contribution is 2.30. The number of nitrogens with zero attached hydrogens (tertiary/aromatic N) is 2. The number of furan rings is 1. The normalized spacial score (nSPS) is 18.5. The largest absolute Gasteiger partial charge is 0.465 e. The molecule has 1 atom stereocenters. The smallest absolute Gasteiger partial charge is 0.434 e. The van der Waals surface area contributed by atoms with Crippen LogP contribution in [0.3, 0.4) is 0 Å². The average Bonchev–Trinajstić information content (AvgIpc) is 3.04. The van der Waals surface area contributed by atoms with E-state index in [1.165, 1.54) is 0 Å². The Balaban J connectivity index is 1.54. The molecule has 0 saturated heterocycles. The van der Waals surface area contributed by atoms with Gasteiger partial charge in [-0.15, -0.1) is 0 Å². The van der Waals surface area contributed by atoms with Crippen LogP contribution in [-0.2, 0) is 25.7 Å². The zero-order chi connectivity index (χ0) is 15.7. The van der Waals surface area contributed by atoms with Gasteiger partial charge in [-0.3, -0.25) is 0 Å². The number of hydrogen-bond donors (Lipinski definition) is 1. The molecule has 7 heteroatoms. The number of alkyl halides is 3. The van der Waals surface area contributed by atoms with Crippen LogP contribution in [0.5, 0.6) is 0 Å². The van der Waals surface area contributed by atoms with Crippen LogP contribution in [0.25, 0.3) is 0 Å². The number of rotatable bonds is 4. The minimum atomic E-state index is -4.37. The molecule has 1 N–H and O–H groups in total. The van der Waals surface area contributed by atoms with Crippen molar-refractivity contribution in [3.05, 3.63) is 41.4 Å². The summed E-state index contributed by atoms with van der Waals surface area (Å²) in [5.74, 6) is 2.58. The number of aryl methyl sites for hydroxylation is 2. The lowest BCUT2D eigenvalue weighted by atomic mass is 9.99. The van der Waals surface area contributed by atoms with Gasteiger partial charge in [0.1, 0.15) is 17.3 Å². The summed E-state index contributed by atoms with van der Waals surface area (Å²) >= 11 is 0. The van der Waals surface area contributed by atoms with Crippen molar-refractivity contribution in [1.29, 1.82) is 0 Å².